The molecule has 1 aliphatic heterocycles. The minimum Gasteiger partial charge on any atom is -0.353 e. The van der Waals surface area contributed by atoms with Crippen LogP contribution in [0.3, 0.4) is 0 Å². The zero-order valence-corrected chi connectivity index (χ0v) is 12.9. The van der Waals surface area contributed by atoms with E-state index in [0.29, 0.717) is 19.0 Å². The Hall–Kier alpha value is -1.06. The van der Waals surface area contributed by atoms with Crippen LogP contribution in [0.1, 0.15) is 47.5 Å². The predicted molar refractivity (Wildman–Crippen MR) is 76.6 cm³/mol. The second kappa shape index (κ2) is 6.92. The Kier molecular flexibility index (Phi) is 5.83. The Labute approximate surface area is 116 Å². The summed E-state index contributed by atoms with van der Waals surface area (Å²) in [6.45, 7) is 11.5. The summed E-state index contributed by atoms with van der Waals surface area (Å²) in [4.78, 5) is 25.9. The maximum atomic E-state index is 12.1. The van der Waals surface area contributed by atoms with Gasteiger partial charge < -0.3 is 10.2 Å². The van der Waals surface area contributed by atoms with E-state index < -0.39 is 0 Å². The Bertz CT molecular complexity index is 318. The van der Waals surface area contributed by atoms with Crippen LogP contribution in [0.5, 0.6) is 0 Å². The number of amides is 2. The van der Waals surface area contributed by atoms with Crippen molar-refractivity contribution in [1.82, 2.24) is 10.2 Å². The number of hydrogen-bond donors (Lipinski definition) is 1. The van der Waals surface area contributed by atoms with Crippen molar-refractivity contribution in [1.29, 1.82) is 0 Å². The lowest BCUT2D eigenvalue weighted by Gasteiger charge is -2.33. The third kappa shape index (κ3) is 4.51. The van der Waals surface area contributed by atoms with Crippen LogP contribution >= 0.6 is 0 Å². The molecule has 19 heavy (non-hydrogen) atoms. The van der Waals surface area contributed by atoms with Crippen LogP contribution < -0.4 is 5.32 Å². The molecule has 110 valence electrons. The van der Waals surface area contributed by atoms with Crippen molar-refractivity contribution in [2.24, 2.45) is 17.8 Å². The van der Waals surface area contributed by atoms with E-state index in [1.54, 1.807) is 0 Å². The first-order chi connectivity index (χ1) is 8.82. The van der Waals surface area contributed by atoms with Crippen LogP contribution in [0.15, 0.2) is 0 Å². The third-order valence-corrected chi connectivity index (χ3v) is 4.04. The van der Waals surface area contributed by atoms with Crippen LogP contribution in [-0.2, 0) is 9.59 Å². The quantitative estimate of drug-likeness (QED) is 0.848. The lowest BCUT2D eigenvalue weighted by Crippen LogP contribution is -2.46. The topological polar surface area (TPSA) is 49.4 Å². The summed E-state index contributed by atoms with van der Waals surface area (Å²) in [6.07, 6.45) is 1.57. The average Bonchev–Trinajstić information content (AvgIpc) is 2.37. The molecule has 1 unspecified atom stereocenters. The summed E-state index contributed by atoms with van der Waals surface area (Å²) in [5, 5.41) is 3.07. The highest BCUT2D eigenvalue weighted by atomic mass is 16.2. The van der Waals surface area contributed by atoms with E-state index >= 15 is 0 Å². The Balaban J connectivity index is 2.41. The zero-order chi connectivity index (χ0) is 14.6. The smallest absolute Gasteiger partial charge is 0.225 e. The highest BCUT2D eigenvalue weighted by molar-refractivity contribution is 5.80. The normalized spacial score (nSPS) is 18.8. The van der Waals surface area contributed by atoms with E-state index in [1.165, 1.54) is 0 Å². The number of piperidine rings is 1. The molecule has 0 radical (unpaired) electrons. The van der Waals surface area contributed by atoms with Gasteiger partial charge in [-0.25, -0.2) is 0 Å². The second-order valence-electron chi connectivity index (χ2n) is 6.30. The summed E-state index contributed by atoms with van der Waals surface area (Å²) in [5.74, 6) is 0.919. The third-order valence-electron chi connectivity index (χ3n) is 4.04. The van der Waals surface area contributed by atoms with Crippen LogP contribution in [0, 0.1) is 17.8 Å². The Morgan fingerprint density at radius 1 is 1.05 bits per heavy atom. The van der Waals surface area contributed by atoms with Crippen molar-refractivity contribution in [3.8, 4) is 0 Å². The summed E-state index contributed by atoms with van der Waals surface area (Å²) in [6, 6.07) is 0.211. The number of likely N-dealkylation sites (tertiary alicyclic amines) is 1. The van der Waals surface area contributed by atoms with Crippen molar-refractivity contribution < 1.29 is 9.59 Å². The fourth-order valence-corrected chi connectivity index (χ4v) is 2.24. The van der Waals surface area contributed by atoms with Gasteiger partial charge in [0.05, 0.1) is 0 Å². The van der Waals surface area contributed by atoms with E-state index in [0.717, 1.165) is 12.8 Å². The molecule has 1 atom stereocenters. The van der Waals surface area contributed by atoms with Crippen LogP contribution in [0.4, 0.5) is 0 Å². The van der Waals surface area contributed by atoms with Crippen molar-refractivity contribution >= 4 is 11.8 Å². The van der Waals surface area contributed by atoms with Gasteiger partial charge >= 0.3 is 0 Å². The summed E-state index contributed by atoms with van der Waals surface area (Å²) >= 11 is 0. The molecule has 1 N–H and O–H groups in total. The Morgan fingerprint density at radius 3 is 2.00 bits per heavy atom. The standard InChI is InChI=1S/C15H28N2O2/c1-10(2)12(5)16-14(18)13-6-8-17(9-7-13)15(19)11(3)4/h10-13H,6-9H2,1-5H3,(H,16,18). The van der Waals surface area contributed by atoms with Crippen LogP contribution in [-0.4, -0.2) is 35.8 Å². The van der Waals surface area contributed by atoms with E-state index in [9.17, 15) is 9.59 Å². The van der Waals surface area contributed by atoms with E-state index in [-0.39, 0.29) is 29.7 Å². The molecule has 0 saturated carbocycles. The summed E-state index contributed by atoms with van der Waals surface area (Å²) in [5.41, 5.74) is 0. The number of nitrogens with one attached hydrogen (secondary N) is 1. The van der Waals surface area contributed by atoms with Crippen molar-refractivity contribution in [2.75, 3.05) is 13.1 Å². The second-order valence-corrected chi connectivity index (χ2v) is 6.30. The highest BCUT2D eigenvalue weighted by Crippen LogP contribution is 2.19. The van der Waals surface area contributed by atoms with Gasteiger partial charge in [0.25, 0.3) is 0 Å². The SMILES string of the molecule is CC(C)C(=O)N1CCC(C(=O)NC(C)C(C)C)CC1. The minimum atomic E-state index is 0.0475. The summed E-state index contributed by atoms with van der Waals surface area (Å²) in [7, 11) is 0. The minimum absolute atomic E-state index is 0.0475. The molecule has 0 aromatic heterocycles. The van der Waals surface area contributed by atoms with E-state index in [1.807, 2.05) is 25.7 Å². The maximum absolute atomic E-state index is 12.1. The molecule has 1 heterocycles. The molecule has 0 spiro atoms. The number of carbonyl (C=O) groups is 2. The maximum Gasteiger partial charge on any atom is 0.225 e. The van der Waals surface area contributed by atoms with E-state index in [4.69, 9.17) is 0 Å². The molecule has 1 aliphatic rings. The lowest BCUT2D eigenvalue weighted by atomic mass is 9.94. The van der Waals surface area contributed by atoms with Gasteiger partial charge in [-0.15, -0.1) is 0 Å². The molecule has 0 aromatic rings. The summed E-state index contributed by atoms with van der Waals surface area (Å²) < 4.78 is 0. The molecule has 2 amide bonds. The highest BCUT2D eigenvalue weighted by Gasteiger charge is 2.28. The fourth-order valence-electron chi connectivity index (χ4n) is 2.24. The number of carbonyl (C=O) groups excluding carboxylic acids is 2. The number of rotatable bonds is 4. The molecule has 1 rings (SSSR count). The molecule has 0 aromatic carbocycles. The van der Waals surface area contributed by atoms with Gasteiger partial charge in [0, 0.05) is 31.0 Å². The molecule has 4 nitrogen and oxygen atoms in total. The fraction of sp³-hybridized carbons (Fsp3) is 0.867. The molecular weight excluding hydrogens is 240 g/mol. The lowest BCUT2D eigenvalue weighted by molar-refractivity contribution is -0.138. The van der Waals surface area contributed by atoms with Gasteiger partial charge in [0.1, 0.15) is 0 Å². The molecule has 0 bridgehead atoms. The van der Waals surface area contributed by atoms with E-state index in [2.05, 4.69) is 19.2 Å². The van der Waals surface area contributed by atoms with Gasteiger partial charge in [0.15, 0.2) is 0 Å². The van der Waals surface area contributed by atoms with Gasteiger partial charge in [-0.05, 0) is 25.7 Å². The first-order valence-electron chi connectivity index (χ1n) is 7.42. The van der Waals surface area contributed by atoms with Gasteiger partial charge in [-0.2, -0.15) is 0 Å². The molecule has 1 saturated heterocycles. The monoisotopic (exact) mass is 268 g/mol. The van der Waals surface area contributed by atoms with Crippen molar-refractivity contribution in [3.63, 3.8) is 0 Å². The average molecular weight is 268 g/mol. The van der Waals surface area contributed by atoms with Crippen LogP contribution in [0.2, 0.25) is 0 Å². The van der Waals surface area contributed by atoms with Gasteiger partial charge in [-0.1, -0.05) is 27.7 Å². The molecule has 4 heteroatoms. The molecule has 1 fully saturated rings. The van der Waals surface area contributed by atoms with Gasteiger partial charge in [-0.3, -0.25) is 9.59 Å². The molecular formula is C15H28N2O2. The molecule has 0 aliphatic carbocycles. The number of hydrogen-bond acceptors (Lipinski definition) is 2. The first-order valence-corrected chi connectivity index (χ1v) is 7.42. The first kappa shape index (κ1) is 16.0. The van der Waals surface area contributed by atoms with Gasteiger partial charge in [0.2, 0.25) is 11.8 Å². The largest absolute Gasteiger partial charge is 0.353 e. The zero-order valence-electron chi connectivity index (χ0n) is 12.9. The number of nitrogens with zero attached hydrogens (tertiary/aromatic N) is 1. The van der Waals surface area contributed by atoms with Crippen LogP contribution in [0.25, 0.3) is 0 Å². The van der Waals surface area contributed by atoms with Crippen molar-refractivity contribution in [2.45, 2.75) is 53.5 Å². The predicted octanol–water partition coefficient (Wildman–Crippen LogP) is 2.04. The Morgan fingerprint density at radius 2 is 1.58 bits per heavy atom. The van der Waals surface area contributed by atoms with Crippen molar-refractivity contribution in [3.05, 3.63) is 0 Å².